The van der Waals surface area contributed by atoms with E-state index in [0.29, 0.717) is 0 Å². The van der Waals surface area contributed by atoms with Gasteiger partial charge < -0.3 is 20.3 Å². The highest BCUT2D eigenvalue weighted by atomic mass is 16.5. The Balaban J connectivity index is 1.87. The van der Waals surface area contributed by atoms with Crippen LogP contribution in [0.2, 0.25) is 0 Å². The minimum atomic E-state index is -0.236. The minimum Gasteiger partial charge on any atom is -0.372 e. The zero-order valence-corrected chi connectivity index (χ0v) is 12.2. The number of amides is 1. The Morgan fingerprint density at radius 2 is 2.25 bits per heavy atom. The van der Waals surface area contributed by atoms with E-state index in [0.717, 1.165) is 36.6 Å². The van der Waals surface area contributed by atoms with Crippen LogP contribution in [-0.2, 0) is 9.53 Å². The van der Waals surface area contributed by atoms with E-state index in [1.54, 1.807) is 7.05 Å². The van der Waals surface area contributed by atoms with Crippen LogP contribution in [0.25, 0.3) is 0 Å². The average Bonchev–Trinajstić information content (AvgIpc) is 2.71. The summed E-state index contributed by atoms with van der Waals surface area (Å²) in [6, 6.07) is 5.95. The molecule has 1 atom stereocenters. The fourth-order valence-electron chi connectivity index (χ4n) is 2.97. The molecule has 0 bridgehead atoms. The van der Waals surface area contributed by atoms with E-state index in [2.05, 4.69) is 41.5 Å². The predicted molar refractivity (Wildman–Crippen MR) is 79.1 cm³/mol. The third-order valence-corrected chi connectivity index (χ3v) is 3.95. The molecule has 5 heteroatoms. The summed E-state index contributed by atoms with van der Waals surface area (Å²) in [6.45, 7) is 6.67. The molecule has 3 rings (SSSR count). The van der Waals surface area contributed by atoms with Gasteiger partial charge in [0.25, 0.3) is 0 Å². The van der Waals surface area contributed by atoms with Crippen LogP contribution in [0.1, 0.15) is 25.5 Å². The number of ether oxygens (including phenoxy) is 1. The molecule has 0 aromatic heterocycles. The van der Waals surface area contributed by atoms with Gasteiger partial charge in [0.2, 0.25) is 5.91 Å². The molecule has 20 heavy (non-hydrogen) atoms. The third-order valence-electron chi connectivity index (χ3n) is 3.95. The van der Waals surface area contributed by atoms with Crippen molar-refractivity contribution in [2.45, 2.75) is 25.5 Å². The molecule has 1 amide bonds. The van der Waals surface area contributed by atoms with Crippen molar-refractivity contribution >= 4 is 17.3 Å². The minimum absolute atomic E-state index is 0.0157. The molecular weight excluding hydrogens is 254 g/mol. The van der Waals surface area contributed by atoms with Gasteiger partial charge in [0.1, 0.15) is 6.04 Å². The lowest BCUT2D eigenvalue weighted by Gasteiger charge is -2.39. The molecule has 2 heterocycles. The Hall–Kier alpha value is -1.59. The van der Waals surface area contributed by atoms with Crippen molar-refractivity contribution < 1.29 is 9.53 Å². The smallest absolute Gasteiger partial charge is 0.246 e. The summed E-state index contributed by atoms with van der Waals surface area (Å²) < 4.78 is 5.74. The summed E-state index contributed by atoms with van der Waals surface area (Å²) in [4.78, 5) is 14.2. The number of hydrogen-bond acceptors (Lipinski definition) is 4. The van der Waals surface area contributed by atoms with Crippen LogP contribution < -0.4 is 15.5 Å². The van der Waals surface area contributed by atoms with Gasteiger partial charge in [0.05, 0.1) is 12.2 Å². The molecule has 1 saturated heterocycles. The number of nitrogens with zero attached hydrogens (tertiary/aromatic N) is 1. The molecule has 1 unspecified atom stereocenters. The maximum atomic E-state index is 11.8. The van der Waals surface area contributed by atoms with Gasteiger partial charge in [-0.3, -0.25) is 4.79 Å². The number of rotatable bonds is 2. The number of anilines is 2. The van der Waals surface area contributed by atoms with Crippen molar-refractivity contribution in [2.24, 2.45) is 0 Å². The van der Waals surface area contributed by atoms with Gasteiger partial charge in [0, 0.05) is 30.0 Å². The van der Waals surface area contributed by atoms with Crippen molar-refractivity contribution in [3.8, 4) is 0 Å². The average molecular weight is 275 g/mol. The number of hydrogen-bond donors (Lipinski definition) is 2. The molecular formula is C15H21N3O2. The van der Waals surface area contributed by atoms with Crippen LogP contribution in [0, 0.1) is 0 Å². The molecule has 2 N–H and O–H groups in total. The van der Waals surface area contributed by atoms with Crippen LogP contribution in [0.3, 0.4) is 0 Å². The molecule has 0 radical (unpaired) electrons. The molecule has 0 saturated carbocycles. The molecule has 1 aromatic rings. The highest BCUT2D eigenvalue weighted by molar-refractivity contribution is 6.03. The Bertz CT molecular complexity index is 542. The zero-order valence-electron chi connectivity index (χ0n) is 12.2. The molecule has 5 nitrogen and oxygen atoms in total. The van der Waals surface area contributed by atoms with Gasteiger partial charge in [-0.25, -0.2) is 0 Å². The highest BCUT2D eigenvalue weighted by Crippen LogP contribution is 2.34. The van der Waals surface area contributed by atoms with Crippen LogP contribution in [0.4, 0.5) is 11.4 Å². The van der Waals surface area contributed by atoms with Crippen LogP contribution >= 0.6 is 0 Å². The van der Waals surface area contributed by atoms with E-state index in [9.17, 15) is 4.79 Å². The van der Waals surface area contributed by atoms with E-state index < -0.39 is 0 Å². The molecule has 2 aliphatic heterocycles. The SMILES string of the molecule is CNC1C(=O)Nc2cc(N3CCOC(C)(C)C3)ccc21. The zero-order chi connectivity index (χ0) is 14.3. The second-order valence-electron chi connectivity index (χ2n) is 6.01. The maximum absolute atomic E-state index is 11.8. The first-order chi connectivity index (χ1) is 9.50. The van der Waals surface area contributed by atoms with Gasteiger partial charge >= 0.3 is 0 Å². The van der Waals surface area contributed by atoms with E-state index in [1.807, 2.05) is 6.07 Å². The molecule has 0 spiro atoms. The lowest BCUT2D eigenvalue weighted by molar-refractivity contribution is -0.117. The number of fused-ring (bicyclic) bond motifs is 1. The Morgan fingerprint density at radius 3 is 2.95 bits per heavy atom. The Morgan fingerprint density at radius 1 is 1.45 bits per heavy atom. The van der Waals surface area contributed by atoms with Gasteiger partial charge in [-0.05, 0) is 33.0 Å². The Kier molecular flexibility index (Phi) is 3.18. The van der Waals surface area contributed by atoms with Crippen LogP contribution in [0.5, 0.6) is 0 Å². The fraction of sp³-hybridized carbons (Fsp3) is 0.533. The summed E-state index contributed by atoms with van der Waals surface area (Å²) in [5.41, 5.74) is 2.94. The summed E-state index contributed by atoms with van der Waals surface area (Å²) in [6.07, 6.45) is 0. The summed E-state index contributed by atoms with van der Waals surface area (Å²) >= 11 is 0. The maximum Gasteiger partial charge on any atom is 0.246 e. The van der Waals surface area contributed by atoms with E-state index >= 15 is 0 Å². The number of morpholine rings is 1. The lowest BCUT2D eigenvalue weighted by Crippen LogP contribution is -2.48. The van der Waals surface area contributed by atoms with E-state index in [4.69, 9.17) is 4.74 Å². The Labute approximate surface area is 119 Å². The van der Waals surface area contributed by atoms with Gasteiger partial charge in [0.15, 0.2) is 0 Å². The van der Waals surface area contributed by atoms with Gasteiger partial charge in [-0.2, -0.15) is 0 Å². The molecule has 0 aliphatic carbocycles. The third kappa shape index (κ3) is 2.27. The number of carbonyl (C=O) groups excluding carboxylic acids is 1. The van der Waals surface area contributed by atoms with Gasteiger partial charge in [-0.15, -0.1) is 0 Å². The number of nitrogens with one attached hydrogen (secondary N) is 2. The predicted octanol–water partition coefficient (Wildman–Crippen LogP) is 1.51. The second kappa shape index (κ2) is 4.75. The first-order valence-electron chi connectivity index (χ1n) is 7.01. The summed E-state index contributed by atoms with van der Waals surface area (Å²) in [5, 5.41) is 5.98. The van der Waals surface area contributed by atoms with Crippen LogP contribution in [-0.4, -0.2) is 38.3 Å². The highest BCUT2D eigenvalue weighted by Gasteiger charge is 2.31. The first kappa shape index (κ1) is 13.4. The van der Waals surface area contributed by atoms with Crippen molar-refractivity contribution in [3.63, 3.8) is 0 Å². The quantitative estimate of drug-likeness (QED) is 0.859. The lowest BCUT2D eigenvalue weighted by atomic mass is 10.0. The normalized spacial score (nSPS) is 24.4. The van der Waals surface area contributed by atoms with Crippen molar-refractivity contribution in [3.05, 3.63) is 23.8 Å². The van der Waals surface area contributed by atoms with Crippen LogP contribution in [0.15, 0.2) is 18.2 Å². The van der Waals surface area contributed by atoms with Crippen molar-refractivity contribution in [2.75, 3.05) is 37.0 Å². The second-order valence-corrected chi connectivity index (χ2v) is 6.01. The molecule has 2 aliphatic rings. The van der Waals surface area contributed by atoms with Crippen molar-refractivity contribution in [1.29, 1.82) is 0 Å². The van der Waals surface area contributed by atoms with E-state index in [1.165, 1.54) is 0 Å². The molecule has 108 valence electrons. The van der Waals surface area contributed by atoms with Gasteiger partial charge in [-0.1, -0.05) is 6.07 Å². The number of benzene rings is 1. The topological polar surface area (TPSA) is 53.6 Å². The summed E-state index contributed by atoms with van der Waals surface area (Å²) in [5.74, 6) is 0.0157. The summed E-state index contributed by atoms with van der Waals surface area (Å²) in [7, 11) is 1.80. The van der Waals surface area contributed by atoms with E-state index in [-0.39, 0.29) is 17.6 Å². The number of likely N-dealkylation sites (N-methyl/N-ethyl adjacent to an activating group) is 1. The first-order valence-corrected chi connectivity index (χ1v) is 7.01. The monoisotopic (exact) mass is 275 g/mol. The largest absolute Gasteiger partial charge is 0.372 e. The fourth-order valence-corrected chi connectivity index (χ4v) is 2.97. The van der Waals surface area contributed by atoms with Crippen molar-refractivity contribution in [1.82, 2.24) is 5.32 Å². The molecule has 1 aromatic carbocycles. The number of carbonyl (C=O) groups is 1. The molecule has 1 fully saturated rings. The standard InChI is InChI=1S/C15H21N3O2/c1-15(2)9-18(6-7-20-15)10-4-5-11-12(8-10)17-14(19)13(11)16-3/h4-5,8,13,16H,6-7,9H2,1-3H3,(H,17,19).